The van der Waals surface area contributed by atoms with Crippen LogP contribution in [0.5, 0.6) is 0 Å². The van der Waals surface area contributed by atoms with E-state index < -0.39 is 35.2 Å². The van der Waals surface area contributed by atoms with Gasteiger partial charge in [-0.15, -0.1) is 0 Å². The van der Waals surface area contributed by atoms with Crippen LogP contribution in [0.3, 0.4) is 0 Å². The highest BCUT2D eigenvalue weighted by molar-refractivity contribution is 5.72. The lowest BCUT2D eigenvalue weighted by Crippen LogP contribution is -2.45. The van der Waals surface area contributed by atoms with Crippen LogP contribution in [-0.2, 0) is 31.4 Å². The van der Waals surface area contributed by atoms with Crippen LogP contribution in [0.4, 0.5) is 26.3 Å². The molecule has 2 aromatic rings. The predicted molar refractivity (Wildman–Crippen MR) is 154 cm³/mol. The van der Waals surface area contributed by atoms with E-state index in [1.165, 1.54) is 49.9 Å². The number of nitrogens with zero attached hydrogens (tertiary/aromatic N) is 1. The molecule has 2 spiro atoms. The highest BCUT2D eigenvalue weighted by atomic mass is 19.4. The van der Waals surface area contributed by atoms with Crippen molar-refractivity contribution in [3.63, 3.8) is 0 Å². The summed E-state index contributed by atoms with van der Waals surface area (Å²) in [5.74, 6) is -0.188. The van der Waals surface area contributed by atoms with Crippen LogP contribution < -0.4 is 5.32 Å². The maximum absolute atomic E-state index is 13.3. The van der Waals surface area contributed by atoms with Crippen molar-refractivity contribution in [2.75, 3.05) is 45.9 Å². The predicted octanol–water partition coefficient (Wildman–Crippen LogP) is 6.92. The average Bonchev–Trinajstić information content (AvgIpc) is 3.62. The first-order valence-corrected chi connectivity index (χ1v) is 15.6. The molecule has 6 nitrogen and oxygen atoms in total. The first kappa shape index (κ1) is 33.7. The lowest BCUT2D eigenvalue weighted by atomic mass is 9.89. The average molecular weight is 643 g/mol. The van der Waals surface area contributed by atoms with Gasteiger partial charge in [-0.3, -0.25) is 4.79 Å². The monoisotopic (exact) mass is 642 g/mol. The zero-order chi connectivity index (χ0) is 32.1. The van der Waals surface area contributed by atoms with Crippen molar-refractivity contribution in [1.29, 1.82) is 0 Å². The Balaban J connectivity index is 0.000000336. The number of likely N-dealkylation sites (tertiary alicyclic amines) is 1. The molecule has 4 aliphatic rings. The molecule has 4 fully saturated rings. The summed E-state index contributed by atoms with van der Waals surface area (Å²) in [7, 11) is 0. The highest BCUT2D eigenvalue weighted by Crippen LogP contribution is 2.38. The minimum absolute atomic E-state index is 0.101. The minimum atomic E-state index is -4.60. The van der Waals surface area contributed by atoms with Gasteiger partial charge in [0.25, 0.3) is 0 Å². The molecule has 2 aromatic carbocycles. The van der Waals surface area contributed by atoms with Gasteiger partial charge in [-0.25, -0.2) is 0 Å². The fraction of sp³-hybridized carbons (Fsp3) is 0.606. The van der Waals surface area contributed by atoms with Crippen molar-refractivity contribution in [3.8, 4) is 0 Å². The number of ether oxygens (including phenoxy) is 3. The second-order valence-electron chi connectivity index (χ2n) is 12.4. The molecule has 0 bridgehead atoms. The van der Waals surface area contributed by atoms with Crippen molar-refractivity contribution < 1.29 is 45.3 Å². The zero-order valence-electron chi connectivity index (χ0n) is 25.2. The van der Waals surface area contributed by atoms with Gasteiger partial charge in [0, 0.05) is 32.7 Å². The third kappa shape index (κ3) is 8.78. The van der Waals surface area contributed by atoms with E-state index in [0.29, 0.717) is 50.9 Å². The van der Waals surface area contributed by atoms with E-state index in [1.807, 2.05) is 0 Å². The molecule has 4 saturated heterocycles. The van der Waals surface area contributed by atoms with Crippen molar-refractivity contribution in [1.82, 2.24) is 10.2 Å². The fourth-order valence-electron chi connectivity index (χ4n) is 6.68. The van der Waals surface area contributed by atoms with Gasteiger partial charge in [0.2, 0.25) is 0 Å². The van der Waals surface area contributed by atoms with Gasteiger partial charge in [0.05, 0.1) is 23.3 Å². The SMILES string of the molecule is C1COC2(C1)CCNCC2.O=C1CCC2(CCN(CCOC(c3cccc(C(F)(F)F)c3)c3cccc(C(F)(F)F)c3)CC2)O1. The summed E-state index contributed by atoms with van der Waals surface area (Å²) in [6.07, 6.45) is -2.78. The van der Waals surface area contributed by atoms with Crippen LogP contribution in [0.2, 0.25) is 0 Å². The van der Waals surface area contributed by atoms with E-state index in [9.17, 15) is 31.1 Å². The summed E-state index contributed by atoms with van der Waals surface area (Å²) >= 11 is 0. The number of alkyl halides is 6. The highest BCUT2D eigenvalue weighted by Gasteiger charge is 2.42. The van der Waals surface area contributed by atoms with Crippen LogP contribution >= 0.6 is 0 Å². The van der Waals surface area contributed by atoms with Crippen molar-refractivity contribution in [2.45, 2.75) is 81.0 Å². The smallest absolute Gasteiger partial charge is 0.416 e. The van der Waals surface area contributed by atoms with Gasteiger partial charge in [-0.1, -0.05) is 24.3 Å². The van der Waals surface area contributed by atoms with Gasteiger partial charge >= 0.3 is 18.3 Å². The van der Waals surface area contributed by atoms with Gasteiger partial charge in [0.15, 0.2) is 0 Å². The van der Waals surface area contributed by atoms with Gasteiger partial charge in [-0.05, 0) is 93.4 Å². The Labute approximate surface area is 259 Å². The lowest BCUT2D eigenvalue weighted by Gasteiger charge is -2.38. The second kappa shape index (κ2) is 14.0. The molecular weight excluding hydrogens is 602 g/mol. The molecule has 6 rings (SSSR count). The van der Waals surface area contributed by atoms with Crippen LogP contribution in [-0.4, -0.2) is 68.0 Å². The molecule has 4 heterocycles. The molecule has 0 saturated carbocycles. The first-order valence-electron chi connectivity index (χ1n) is 15.6. The molecule has 0 unspecified atom stereocenters. The summed E-state index contributed by atoms with van der Waals surface area (Å²) in [6, 6.07) is 8.90. The van der Waals surface area contributed by atoms with Crippen molar-refractivity contribution >= 4 is 5.97 Å². The molecule has 12 heteroatoms. The standard InChI is InChI=1S/C25H25F6NO3.C8H15NO/c26-24(27,28)19-5-1-3-17(15-19)22(18-4-2-6-20(16-18)25(29,30)31)34-14-13-32-11-9-23(10-12-32)8-7-21(33)35-23;1-2-8(10-7-1)3-5-9-6-4-8/h1-6,15-16,22H,7-14H2;9H,1-7H2. The van der Waals surface area contributed by atoms with Gasteiger partial charge in [-0.2, -0.15) is 26.3 Å². The van der Waals surface area contributed by atoms with E-state index in [-0.39, 0.29) is 23.7 Å². The summed E-state index contributed by atoms with van der Waals surface area (Å²) in [6.45, 7) is 5.17. The van der Waals surface area contributed by atoms with Crippen LogP contribution in [0, 0.1) is 0 Å². The van der Waals surface area contributed by atoms with Gasteiger partial charge in [0.1, 0.15) is 11.7 Å². The third-order valence-corrected chi connectivity index (χ3v) is 9.31. The summed E-state index contributed by atoms with van der Waals surface area (Å²) in [5, 5.41) is 3.36. The largest absolute Gasteiger partial charge is 0.459 e. The topological polar surface area (TPSA) is 60.0 Å². The molecule has 45 heavy (non-hydrogen) atoms. The summed E-state index contributed by atoms with van der Waals surface area (Å²) in [5.41, 5.74) is -1.66. The number of carbonyl (C=O) groups is 1. The van der Waals surface area contributed by atoms with Crippen LogP contribution in [0.15, 0.2) is 48.5 Å². The maximum Gasteiger partial charge on any atom is 0.416 e. The van der Waals surface area contributed by atoms with Gasteiger partial charge < -0.3 is 24.4 Å². The number of hydrogen-bond acceptors (Lipinski definition) is 6. The fourth-order valence-corrected chi connectivity index (χ4v) is 6.68. The molecule has 0 atom stereocenters. The quantitative estimate of drug-likeness (QED) is 0.273. The number of carbonyl (C=O) groups excluding carboxylic acids is 1. The third-order valence-electron chi connectivity index (χ3n) is 9.31. The van der Waals surface area contributed by atoms with Crippen molar-refractivity contribution in [2.24, 2.45) is 0 Å². The molecule has 0 aliphatic carbocycles. The molecule has 0 aromatic heterocycles. The zero-order valence-corrected chi connectivity index (χ0v) is 25.2. The van der Waals surface area contributed by atoms with Crippen LogP contribution in [0.25, 0.3) is 0 Å². The number of piperidine rings is 2. The van der Waals surface area contributed by atoms with E-state index in [4.69, 9.17) is 14.2 Å². The van der Waals surface area contributed by atoms with E-state index in [0.717, 1.165) is 44.0 Å². The maximum atomic E-state index is 13.3. The number of benzene rings is 2. The van der Waals surface area contributed by atoms with E-state index in [1.54, 1.807) is 0 Å². The Kier molecular flexibility index (Phi) is 10.5. The lowest BCUT2D eigenvalue weighted by molar-refractivity contribution is -0.152. The first-order chi connectivity index (χ1) is 21.4. The molecule has 4 aliphatic heterocycles. The second-order valence-corrected chi connectivity index (χ2v) is 12.4. The Morgan fingerprint density at radius 3 is 1.91 bits per heavy atom. The minimum Gasteiger partial charge on any atom is -0.459 e. The number of hydrogen-bond donors (Lipinski definition) is 1. The van der Waals surface area contributed by atoms with Crippen molar-refractivity contribution in [3.05, 3.63) is 70.8 Å². The van der Waals surface area contributed by atoms with Crippen LogP contribution in [0.1, 0.15) is 79.7 Å². The summed E-state index contributed by atoms with van der Waals surface area (Å²) in [4.78, 5) is 13.6. The normalized spacial score (nSPS) is 21.6. The number of nitrogens with one attached hydrogen (secondary N) is 1. The van der Waals surface area contributed by atoms with E-state index >= 15 is 0 Å². The summed E-state index contributed by atoms with van der Waals surface area (Å²) < 4.78 is 96.8. The number of halogens is 6. The number of rotatable bonds is 6. The molecular formula is C33H40F6N2O4. The Hall–Kier alpha value is -2.67. The molecule has 248 valence electrons. The molecule has 0 radical (unpaired) electrons. The molecule has 0 amide bonds. The number of esters is 1. The molecule has 1 N–H and O–H groups in total. The van der Waals surface area contributed by atoms with E-state index in [2.05, 4.69) is 10.2 Å². The Morgan fingerprint density at radius 1 is 0.822 bits per heavy atom. The Bertz CT molecular complexity index is 1220. The Morgan fingerprint density at radius 2 is 1.42 bits per heavy atom.